The van der Waals surface area contributed by atoms with Crippen LogP contribution in [-0.4, -0.2) is 46.8 Å². The number of aliphatic carboxylic acids is 1. The number of carbonyl (C=O) groups is 1. The first kappa shape index (κ1) is 27.4. The molecule has 6 nitrogen and oxygen atoms in total. The van der Waals surface area contributed by atoms with E-state index in [1.807, 2.05) is 36.4 Å². The van der Waals surface area contributed by atoms with E-state index in [2.05, 4.69) is 9.98 Å². The van der Waals surface area contributed by atoms with Gasteiger partial charge in [-0.05, 0) is 48.9 Å². The molecule has 1 aliphatic rings. The first-order valence-corrected chi connectivity index (χ1v) is 10.8. The molecule has 0 amide bonds. The van der Waals surface area contributed by atoms with Gasteiger partial charge in [-0.1, -0.05) is 43.5 Å². The number of rotatable bonds is 0. The Hall–Kier alpha value is -2.63. The molecule has 1 radical (unpaired) electrons. The van der Waals surface area contributed by atoms with E-state index in [9.17, 15) is 10.2 Å². The van der Waals surface area contributed by atoms with Gasteiger partial charge in [-0.15, -0.1) is 0 Å². The van der Waals surface area contributed by atoms with E-state index in [4.69, 9.17) is 9.90 Å². The van der Waals surface area contributed by atoms with Gasteiger partial charge in [-0.2, -0.15) is 0 Å². The van der Waals surface area contributed by atoms with E-state index in [0.29, 0.717) is 24.6 Å². The van der Waals surface area contributed by atoms with Crippen LogP contribution in [0.15, 0.2) is 46.4 Å². The largest absolute Gasteiger partial charge is 2.00 e. The molecule has 3 rings (SSSR count). The van der Waals surface area contributed by atoms with Crippen LogP contribution in [0.5, 0.6) is 11.5 Å². The van der Waals surface area contributed by atoms with Crippen molar-refractivity contribution in [3.05, 3.63) is 58.7 Å². The molecule has 171 valence electrons. The Balaban J connectivity index is 0.000000945. The summed E-state index contributed by atoms with van der Waals surface area (Å²) in [6.45, 7) is 2.17. The quantitative estimate of drug-likeness (QED) is 0.474. The fraction of sp³-hybridized carbons (Fsp3) is 0.400. The van der Waals surface area contributed by atoms with Gasteiger partial charge in [0.15, 0.2) is 0 Å². The number of nitrogens with zero attached hydrogens (tertiary/aromatic N) is 2. The number of aryl methyl sites for hydroxylation is 2. The molecule has 0 saturated carbocycles. The number of aliphatic imine (C=N–C) groups is 2. The van der Waals surface area contributed by atoms with Crippen LogP contribution in [0.1, 0.15) is 61.3 Å². The Bertz CT molecular complexity index is 841. The van der Waals surface area contributed by atoms with Crippen LogP contribution in [-0.2, 0) is 34.7 Å². The van der Waals surface area contributed by atoms with Crippen LogP contribution in [0.3, 0.4) is 0 Å². The summed E-state index contributed by atoms with van der Waals surface area (Å²) in [6.07, 6.45) is 10.8. The van der Waals surface area contributed by atoms with Crippen molar-refractivity contribution in [2.75, 3.05) is 13.1 Å². The average Bonchev–Trinajstić information content (AvgIpc) is 2.73. The molecule has 2 aromatic rings. The van der Waals surface area contributed by atoms with Crippen LogP contribution >= 0.6 is 0 Å². The SMILES string of the molecule is CC(=O)O.Oc1c2cccc1CCCCCCCc1cccc(c1O)C=NCCN=C2.[Mn+2]. The molecule has 1 aliphatic heterocycles. The Labute approximate surface area is 200 Å². The summed E-state index contributed by atoms with van der Waals surface area (Å²) in [4.78, 5) is 17.8. The van der Waals surface area contributed by atoms with Gasteiger partial charge in [0.05, 0.1) is 13.1 Å². The first-order chi connectivity index (χ1) is 15.0. The van der Waals surface area contributed by atoms with Crippen LogP contribution < -0.4 is 0 Å². The van der Waals surface area contributed by atoms with Crippen molar-refractivity contribution in [1.29, 1.82) is 0 Å². The Morgan fingerprint density at radius 3 is 1.53 bits per heavy atom. The summed E-state index contributed by atoms with van der Waals surface area (Å²) in [5.41, 5.74) is 3.52. The molecule has 4 bridgehead atoms. The van der Waals surface area contributed by atoms with Crippen LogP contribution in [0.4, 0.5) is 0 Å². The molecule has 32 heavy (non-hydrogen) atoms. The van der Waals surface area contributed by atoms with Crippen molar-refractivity contribution < 1.29 is 37.2 Å². The van der Waals surface area contributed by atoms with Gasteiger partial charge in [-0.3, -0.25) is 14.8 Å². The number of carboxylic acids is 1. The maximum Gasteiger partial charge on any atom is 2.00 e. The van der Waals surface area contributed by atoms with Gasteiger partial charge in [0, 0.05) is 30.5 Å². The third kappa shape index (κ3) is 9.67. The molecular weight excluding hydrogens is 447 g/mol. The minimum Gasteiger partial charge on any atom is -0.507 e. The zero-order valence-corrected chi connectivity index (χ0v) is 19.7. The normalized spacial score (nSPS) is 14.5. The standard InChI is InChI=1S/C23H28N2O2.C2H4O2.Mn/c26-22-18-8-4-2-1-3-5-9-19-11-7-13-21(23(19)27)17-25-15-14-24-16-20(22)12-6-10-18;1-2(3)4;/h6-7,10-13,16-17,26-27H,1-5,8-9,14-15H2;1H3,(H,3,4);/q;;+2. The number of aromatic hydroxyl groups is 2. The predicted molar refractivity (Wildman–Crippen MR) is 125 cm³/mol. The molecule has 0 spiro atoms. The van der Waals surface area contributed by atoms with Gasteiger partial charge < -0.3 is 15.3 Å². The monoisotopic (exact) mass is 479 g/mol. The molecule has 0 unspecified atom stereocenters. The van der Waals surface area contributed by atoms with Crippen LogP contribution in [0, 0.1) is 0 Å². The number of fused-ring (bicyclic) bond motifs is 4. The van der Waals surface area contributed by atoms with Crippen LogP contribution in [0.2, 0.25) is 0 Å². The molecular formula is C25H32MnN2O4+2. The van der Waals surface area contributed by atoms with E-state index in [1.165, 1.54) is 6.42 Å². The maximum atomic E-state index is 10.4. The van der Waals surface area contributed by atoms with Crippen molar-refractivity contribution in [2.24, 2.45) is 9.98 Å². The number of hydrogen-bond acceptors (Lipinski definition) is 5. The zero-order chi connectivity index (χ0) is 22.5. The minimum atomic E-state index is -0.833. The van der Waals surface area contributed by atoms with Gasteiger partial charge in [0.1, 0.15) is 11.5 Å². The van der Waals surface area contributed by atoms with E-state index in [1.54, 1.807) is 12.4 Å². The summed E-state index contributed by atoms with van der Waals surface area (Å²) in [5.74, 6) is -0.132. The number of para-hydroxylation sites is 2. The molecule has 0 aromatic heterocycles. The topological polar surface area (TPSA) is 102 Å². The summed E-state index contributed by atoms with van der Waals surface area (Å²) < 4.78 is 0. The average molecular weight is 479 g/mol. The molecule has 7 heteroatoms. The summed E-state index contributed by atoms with van der Waals surface area (Å²) in [6, 6.07) is 11.7. The number of phenols is 2. The van der Waals surface area contributed by atoms with E-state index >= 15 is 0 Å². The van der Waals surface area contributed by atoms with Gasteiger partial charge in [-0.25, -0.2) is 0 Å². The predicted octanol–water partition coefficient (Wildman–Crippen LogP) is 4.77. The Morgan fingerprint density at radius 2 is 1.12 bits per heavy atom. The zero-order valence-electron chi connectivity index (χ0n) is 18.5. The number of benzene rings is 2. The third-order valence-corrected chi connectivity index (χ3v) is 5.01. The Kier molecular flexibility index (Phi) is 13.0. The van der Waals surface area contributed by atoms with Gasteiger partial charge in [0.2, 0.25) is 0 Å². The van der Waals surface area contributed by atoms with Gasteiger partial charge >= 0.3 is 17.1 Å². The summed E-state index contributed by atoms with van der Waals surface area (Å²) >= 11 is 0. The van der Waals surface area contributed by atoms with E-state index in [0.717, 1.165) is 67.7 Å². The van der Waals surface area contributed by atoms with Crippen molar-refractivity contribution >= 4 is 18.4 Å². The Morgan fingerprint density at radius 1 is 0.750 bits per heavy atom. The molecule has 0 atom stereocenters. The van der Waals surface area contributed by atoms with Crippen molar-refractivity contribution in [1.82, 2.24) is 0 Å². The van der Waals surface area contributed by atoms with E-state index < -0.39 is 5.97 Å². The number of phenolic OH excluding ortho intramolecular Hbond substituents is 2. The third-order valence-electron chi connectivity index (χ3n) is 5.01. The van der Waals surface area contributed by atoms with Crippen molar-refractivity contribution in [2.45, 2.75) is 51.9 Å². The molecule has 0 saturated heterocycles. The first-order valence-electron chi connectivity index (χ1n) is 10.8. The second-order valence-corrected chi connectivity index (χ2v) is 7.57. The summed E-state index contributed by atoms with van der Waals surface area (Å²) in [7, 11) is 0. The molecule has 2 aromatic carbocycles. The maximum absolute atomic E-state index is 10.4. The van der Waals surface area contributed by atoms with E-state index in [-0.39, 0.29) is 17.1 Å². The second kappa shape index (κ2) is 15.2. The fourth-order valence-electron chi connectivity index (χ4n) is 3.44. The minimum absolute atomic E-state index is 0. The van der Waals surface area contributed by atoms with Crippen molar-refractivity contribution in [3.63, 3.8) is 0 Å². The fourth-order valence-corrected chi connectivity index (χ4v) is 3.44. The van der Waals surface area contributed by atoms with Gasteiger partial charge in [0.25, 0.3) is 5.97 Å². The number of hydrogen-bond donors (Lipinski definition) is 3. The molecule has 0 aliphatic carbocycles. The molecule has 1 heterocycles. The number of carboxylic acid groups (broad SMARTS) is 1. The molecule has 0 fully saturated rings. The second-order valence-electron chi connectivity index (χ2n) is 7.57. The van der Waals surface area contributed by atoms with Crippen LogP contribution in [0.25, 0.3) is 0 Å². The molecule has 3 N–H and O–H groups in total. The smallest absolute Gasteiger partial charge is 0.507 e. The van der Waals surface area contributed by atoms with Crippen molar-refractivity contribution in [3.8, 4) is 11.5 Å². The summed E-state index contributed by atoms with van der Waals surface area (Å²) in [5, 5.41) is 28.3.